The Labute approximate surface area is 131 Å². The maximum atomic E-state index is 12.0. The number of carbonyl (C=O) groups excluding carboxylic acids is 1. The van der Waals surface area contributed by atoms with E-state index in [1.165, 1.54) is 6.07 Å². The molecule has 0 unspecified atom stereocenters. The Bertz CT molecular complexity index is 722. The third kappa shape index (κ3) is 2.96. The van der Waals surface area contributed by atoms with Crippen LogP contribution < -0.4 is 5.32 Å². The van der Waals surface area contributed by atoms with E-state index in [1.807, 2.05) is 0 Å². The molecule has 1 aromatic carbocycles. The number of aliphatic carboxylic acids is 1. The highest BCUT2D eigenvalue weighted by Crippen LogP contribution is 2.28. The molecule has 0 spiro atoms. The van der Waals surface area contributed by atoms with Gasteiger partial charge in [0.25, 0.3) is 5.91 Å². The lowest BCUT2D eigenvalue weighted by Gasteiger charge is -2.32. The highest BCUT2D eigenvalue weighted by Gasteiger charge is 2.35. The lowest BCUT2D eigenvalue weighted by atomic mass is 9.80. The van der Waals surface area contributed by atoms with Crippen LogP contribution >= 0.6 is 11.6 Å². The number of hydrogen-bond donors (Lipinski definition) is 2. The minimum Gasteiger partial charge on any atom is -0.481 e. The number of carbonyl (C=O) groups is 2. The molecule has 1 aliphatic carbocycles. The molecule has 0 saturated heterocycles. The zero-order chi connectivity index (χ0) is 15.7. The van der Waals surface area contributed by atoms with E-state index in [2.05, 4.69) is 10.5 Å². The van der Waals surface area contributed by atoms with Crippen LogP contribution in [0, 0.1) is 5.92 Å². The van der Waals surface area contributed by atoms with Crippen molar-refractivity contribution < 1.29 is 19.2 Å². The van der Waals surface area contributed by atoms with E-state index in [-0.39, 0.29) is 23.6 Å². The second kappa shape index (κ2) is 5.81. The quantitative estimate of drug-likeness (QED) is 0.903. The molecule has 0 atom stereocenters. The summed E-state index contributed by atoms with van der Waals surface area (Å²) in [5.74, 6) is -1.12. The molecular weight excluding hydrogens is 308 g/mol. The van der Waals surface area contributed by atoms with Gasteiger partial charge in [0.15, 0.2) is 11.5 Å². The minimum atomic E-state index is -0.824. The van der Waals surface area contributed by atoms with Crippen molar-refractivity contribution in [3.05, 3.63) is 41.0 Å². The summed E-state index contributed by atoms with van der Waals surface area (Å²) in [6.45, 7) is 0. The maximum absolute atomic E-state index is 12.0. The Kier molecular flexibility index (Phi) is 3.85. The molecule has 3 rings (SSSR count). The monoisotopic (exact) mass is 320 g/mol. The summed E-state index contributed by atoms with van der Waals surface area (Å²) in [4.78, 5) is 22.7. The van der Waals surface area contributed by atoms with Gasteiger partial charge in [0, 0.05) is 22.7 Å². The van der Waals surface area contributed by atoms with E-state index in [1.54, 1.807) is 24.3 Å². The number of carboxylic acid groups (broad SMARTS) is 1. The molecular formula is C15H13ClN2O4. The molecule has 114 valence electrons. The summed E-state index contributed by atoms with van der Waals surface area (Å²) in [7, 11) is 0. The van der Waals surface area contributed by atoms with E-state index in [4.69, 9.17) is 21.2 Å². The summed E-state index contributed by atoms with van der Waals surface area (Å²) in [6.07, 6.45) is 0.889. The Hall–Kier alpha value is -2.34. The van der Waals surface area contributed by atoms with Crippen LogP contribution in [0.3, 0.4) is 0 Å². The van der Waals surface area contributed by atoms with Crippen LogP contribution in [0.15, 0.2) is 34.9 Å². The molecule has 6 nitrogen and oxygen atoms in total. The number of amides is 1. The smallest absolute Gasteiger partial charge is 0.306 e. The van der Waals surface area contributed by atoms with Crippen LogP contribution in [0.5, 0.6) is 0 Å². The molecule has 1 saturated carbocycles. The van der Waals surface area contributed by atoms with Crippen molar-refractivity contribution in [2.24, 2.45) is 5.92 Å². The first kappa shape index (κ1) is 14.6. The fraction of sp³-hybridized carbons (Fsp3) is 0.267. The first-order valence-corrected chi connectivity index (χ1v) is 7.17. The molecule has 1 fully saturated rings. The third-order valence-electron chi connectivity index (χ3n) is 3.67. The van der Waals surface area contributed by atoms with Crippen molar-refractivity contribution in [1.82, 2.24) is 10.5 Å². The van der Waals surface area contributed by atoms with Crippen LogP contribution in [0.4, 0.5) is 0 Å². The number of rotatable bonds is 4. The Morgan fingerprint density at radius 3 is 2.77 bits per heavy atom. The molecule has 2 N–H and O–H groups in total. The minimum absolute atomic E-state index is 0.125. The summed E-state index contributed by atoms with van der Waals surface area (Å²) < 4.78 is 5.16. The largest absolute Gasteiger partial charge is 0.481 e. The average molecular weight is 321 g/mol. The van der Waals surface area contributed by atoms with E-state index < -0.39 is 5.97 Å². The fourth-order valence-electron chi connectivity index (χ4n) is 2.36. The predicted molar refractivity (Wildman–Crippen MR) is 78.6 cm³/mol. The summed E-state index contributed by atoms with van der Waals surface area (Å²) in [5, 5.41) is 15.9. The van der Waals surface area contributed by atoms with Gasteiger partial charge in [-0.15, -0.1) is 0 Å². The zero-order valence-corrected chi connectivity index (χ0v) is 12.2. The first-order chi connectivity index (χ1) is 10.5. The van der Waals surface area contributed by atoms with E-state index >= 15 is 0 Å². The molecule has 0 aliphatic heterocycles. The Morgan fingerprint density at radius 1 is 1.32 bits per heavy atom. The van der Waals surface area contributed by atoms with Gasteiger partial charge in [-0.1, -0.05) is 28.9 Å². The van der Waals surface area contributed by atoms with Gasteiger partial charge in [-0.3, -0.25) is 9.59 Å². The first-order valence-electron chi connectivity index (χ1n) is 6.79. The molecule has 0 bridgehead atoms. The number of aromatic nitrogens is 1. The van der Waals surface area contributed by atoms with Gasteiger partial charge in [0.05, 0.1) is 5.92 Å². The van der Waals surface area contributed by atoms with Gasteiger partial charge < -0.3 is 14.9 Å². The number of nitrogens with zero attached hydrogens (tertiary/aromatic N) is 1. The van der Waals surface area contributed by atoms with Crippen molar-refractivity contribution in [1.29, 1.82) is 0 Å². The molecule has 7 heteroatoms. The topological polar surface area (TPSA) is 92.4 Å². The maximum Gasteiger partial charge on any atom is 0.306 e. The van der Waals surface area contributed by atoms with Crippen molar-refractivity contribution in [2.75, 3.05) is 0 Å². The molecule has 1 aromatic heterocycles. The number of carboxylic acids is 1. The molecule has 2 aromatic rings. The summed E-state index contributed by atoms with van der Waals surface area (Å²) in [6, 6.07) is 8.45. The van der Waals surface area contributed by atoms with Crippen LogP contribution in [0.25, 0.3) is 11.3 Å². The van der Waals surface area contributed by atoms with Crippen LogP contribution in [-0.2, 0) is 4.79 Å². The van der Waals surface area contributed by atoms with Gasteiger partial charge >= 0.3 is 5.97 Å². The van der Waals surface area contributed by atoms with Crippen LogP contribution in [-0.4, -0.2) is 28.2 Å². The second-order valence-electron chi connectivity index (χ2n) is 5.26. The number of halogens is 1. The average Bonchev–Trinajstić information content (AvgIpc) is 2.91. The highest BCUT2D eigenvalue weighted by atomic mass is 35.5. The highest BCUT2D eigenvalue weighted by molar-refractivity contribution is 6.30. The fourth-order valence-corrected chi connectivity index (χ4v) is 2.55. The predicted octanol–water partition coefficient (Wildman–Crippen LogP) is 2.59. The lowest BCUT2D eigenvalue weighted by Crippen LogP contribution is -2.46. The number of benzene rings is 1. The van der Waals surface area contributed by atoms with Gasteiger partial charge in [-0.25, -0.2) is 0 Å². The summed E-state index contributed by atoms with van der Waals surface area (Å²) >= 11 is 5.91. The van der Waals surface area contributed by atoms with Crippen molar-refractivity contribution in [3.63, 3.8) is 0 Å². The second-order valence-corrected chi connectivity index (χ2v) is 5.70. The SMILES string of the molecule is O=C(NC1CC(C(=O)O)C1)c1cc(-c2cccc(Cl)c2)on1. The van der Waals surface area contributed by atoms with Crippen molar-refractivity contribution in [3.8, 4) is 11.3 Å². The normalized spacial score (nSPS) is 20.2. The van der Waals surface area contributed by atoms with E-state index in [0.717, 1.165) is 5.56 Å². The third-order valence-corrected chi connectivity index (χ3v) is 3.91. The van der Waals surface area contributed by atoms with Gasteiger partial charge in [0.2, 0.25) is 0 Å². The number of hydrogen-bond acceptors (Lipinski definition) is 4. The summed E-state index contributed by atoms with van der Waals surface area (Å²) in [5.41, 5.74) is 0.891. The number of nitrogens with one attached hydrogen (secondary N) is 1. The van der Waals surface area contributed by atoms with E-state index in [0.29, 0.717) is 23.6 Å². The van der Waals surface area contributed by atoms with Gasteiger partial charge in [-0.05, 0) is 25.0 Å². The van der Waals surface area contributed by atoms with Crippen LogP contribution in [0.2, 0.25) is 5.02 Å². The molecule has 22 heavy (non-hydrogen) atoms. The zero-order valence-electron chi connectivity index (χ0n) is 11.5. The standard InChI is InChI=1S/C15H13ClN2O4/c16-10-3-1-2-8(4-10)13-7-12(18-22-13)14(19)17-11-5-9(6-11)15(20)21/h1-4,7,9,11H,5-6H2,(H,17,19)(H,20,21). The van der Waals surface area contributed by atoms with E-state index in [9.17, 15) is 9.59 Å². The molecule has 1 aliphatic rings. The van der Waals surface area contributed by atoms with Crippen molar-refractivity contribution >= 4 is 23.5 Å². The lowest BCUT2D eigenvalue weighted by molar-refractivity contribution is -0.145. The van der Waals surface area contributed by atoms with Crippen molar-refractivity contribution in [2.45, 2.75) is 18.9 Å². The van der Waals surface area contributed by atoms with Gasteiger partial charge in [0.1, 0.15) is 0 Å². The van der Waals surface area contributed by atoms with Gasteiger partial charge in [-0.2, -0.15) is 0 Å². The Morgan fingerprint density at radius 2 is 2.09 bits per heavy atom. The molecule has 0 radical (unpaired) electrons. The van der Waals surface area contributed by atoms with Crippen LogP contribution in [0.1, 0.15) is 23.3 Å². The Balaban J connectivity index is 1.64. The molecule has 1 amide bonds. The molecule has 1 heterocycles.